The van der Waals surface area contributed by atoms with Crippen molar-refractivity contribution in [3.63, 3.8) is 0 Å². The summed E-state index contributed by atoms with van der Waals surface area (Å²) in [4.78, 5) is 10.4. The van der Waals surface area contributed by atoms with Crippen LogP contribution in [-0.2, 0) is 19.0 Å². The van der Waals surface area contributed by atoms with Crippen molar-refractivity contribution < 1.29 is 4.92 Å². The van der Waals surface area contributed by atoms with E-state index >= 15 is 0 Å². The Hall–Kier alpha value is -2.37. The van der Waals surface area contributed by atoms with Crippen molar-refractivity contribution >= 4 is 11.4 Å². The smallest absolute Gasteiger partial charge is 0.271 e. The molecule has 0 aliphatic rings. The van der Waals surface area contributed by atoms with Crippen LogP contribution >= 0.6 is 0 Å². The van der Waals surface area contributed by atoms with Crippen LogP contribution < -0.4 is 5.32 Å². The van der Waals surface area contributed by atoms with Crippen LogP contribution in [0.2, 0.25) is 0 Å². The number of anilines is 1. The third kappa shape index (κ3) is 3.59. The van der Waals surface area contributed by atoms with Gasteiger partial charge in [0.25, 0.3) is 5.69 Å². The molecule has 0 aliphatic carbocycles. The summed E-state index contributed by atoms with van der Waals surface area (Å²) in [6.45, 7) is 6.94. The van der Waals surface area contributed by atoms with Crippen LogP contribution in [-0.4, -0.2) is 14.7 Å². The van der Waals surface area contributed by atoms with Gasteiger partial charge in [0.1, 0.15) is 0 Å². The SMILES string of the molecule is Cn1cc(CNc2cccc([N+](=O)[O-])c2)c(C(C)(C)C)n1. The Bertz CT molecular complexity index is 656. The molecule has 1 N–H and O–H groups in total. The molecule has 1 aromatic heterocycles. The van der Waals surface area contributed by atoms with Gasteiger partial charge in [0.15, 0.2) is 0 Å². The molecule has 0 radical (unpaired) electrons. The zero-order chi connectivity index (χ0) is 15.6. The highest BCUT2D eigenvalue weighted by molar-refractivity contribution is 5.51. The molecule has 2 aromatic rings. The number of rotatable bonds is 4. The second-order valence-electron chi connectivity index (χ2n) is 6.09. The van der Waals surface area contributed by atoms with Gasteiger partial charge in [0, 0.05) is 48.6 Å². The highest BCUT2D eigenvalue weighted by Gasteiger charge is 2.21. The third-order valence-corrected chi connectivity index (χ3v) is 3.15. The standard InChI is InChI=1S/C15H20N4O2/c1-15(2,3)14-11(10-18(4)17-14)9-16-12-6-5-7-13(8-12)19(20)21/h5-8,10,16H,9H2,1-4H3. The molecule has 0 saturated carbocycles. The Kier molecular flexibility index (Phi) is 3.97. The van der Waals surface area contributed by atoms with Gasteiger partial charge in [0.05, 0.1) is 10.6 Å². The van der Waals surface area contributed by atoms with E-state index in [9.17, 15) is 10.1 Å². The van der Waals surface area contributed by atoms with Crippen LogP contribution in [0.4, 0.5) is 11.4 Å². The summed E-state index contributed by atoms with van der Waals surface area (Å²) >= 11 is 0. The average Bonchev–Trinajstić information content (AvgIpc) is 2.78. The molecule has 0 saturated heterocycles. The van der Waals surface area contributed by atoms with Gasteiger partial charge >= 0.3 is 0 Å². The number of aryl methyl sites for hydroxylation is 1. The number of aromatic nitrogens is 2. The third-order valence-electron chi connectivity index (χ3n) is 3.15. The average molecular weight is 288 g/mol. The summed E-state index contributed by atoms with van der Waals surface area (Å²) in [5, 5.41) is 18.5. The van der Waals surface area contributed by atoms with Crippen molar-refractivity contribution in [2.75, 3.05) is 5.32 Å². The van der Waals surface area contributed by atoms with Gasteiger partial charge in [-0.1, -0.05) is 26.8 Å². The number of hydrogen-bond acceptors (Lipinski definition) is 4. The molecule has 0 atom stereocenters. The summed E-state index contributed by atoms with van der Waals surface area (Å²) in [5.41, 5.74) is 2.90. The summed E-state index contributed by atoms with van der Waals surface area (Å²) in [7, 11) is 1.89. The van der Waals surface area contributed by atoms with Crippen molar-refractivity contribution in [3.05, 3.63) is 51.8 Å². The first kappa shape index (κ1) is 15.0. The molecule has 6 nitrogen and oxygen atoms in total. The largest absolute Gasteiger partial charge is 0.381 e. The predicted octanol–water partition coefficient (Wildman–Crippen LogP) is 3.24. The number of hydrogen-bond donors (Lipinski definition) is 1. The lowest BCUT2D eigenvalue weighted by molar-refractivity contribution is -0.384. The van der Waals surface area contributed by atoms with Gasteiger partial charge < -0.3 is 5.32 Å². The minimum Gasteiger partial charge on any atom is -0.381 e. The number of nitro groups is 1. The van der Waals surface area contributed by atoms with Gasteiger partial charge in [-0.2, -0.15) is 5.10 Å². The maximum absolute atomic E-state index is 10.8. The molecular weight excluding hydrogens is 268 g/mol. The van der Waals surface area contributed by atoms with E-state index in [4.69, 9.17) is 0 Å². The molecular formula is C15H20N4O2. The number of non-ortho nitro benzene ring substituents is 1. The second-order valence-corrected chi connectivity index (χ2v) is 6.09. The Labute approximate surface area is 123 Å². The van der Waals surface area contributed by atoms with E-state index in [2.05, 4.69) is 31.2 Å². The predicted molar refractivity (Wildman–Crippen MR) is 82.3 cm³/mol. The molecule has 0 bridgehead atoms. The summed E-state index contributed by atoms with van der Waals surface area (Å²) < 4.78 is 1.80. The van der Waals surface area contributed by atoms with E-state index in [0.717, 1.165) is 16.9 Å². The lowest BCUT2D eigenvalue weighted by atomic mass is 9.89. The fraction of sp³-hybridized carbons (Fsp3) is 0.400. The second kappa shape index (κ2) is 5.55. The molecule has 1 aromatic carbocycles. The molecule has 0 amide bonds. The van der Waals surface area contributed by atoms with Crippen molar-refractivity contribution in [1.82, 2.24) is 9.78 Å². The Balaban J connectivity index is 2.17. The number of nitrogens with one attached hydrogen (secondary N) is 1. The van der Waals surface area contributed by atoms with E-state index in [1.165, 1.54) is 12.1 Å². The van der Waals surface area contributed by atoms with Crippen LogP contribution in [0.1, 0.15) is 32.0 Å². The topological polar surface area (TPSA) is 73.0 Å². The molecule has 21 heavy (non-hydrogen) atoms. The first-order chi connectivity index (χ1) is 9.77. The van der Waals surface area contributed by atoms with E-state index < -0.39 is 4.92 Å². The Morgan fingerprint density at radius 3 is 2.71 bits per heavy atom. The highest BCUT2D eigenvalue weighted by atomic mass is 16.6. The monoisotopic (exact) mass is 288 g/mol. The molecule has 0 unspecified atom stereocenters. The number of nitro benzene ring substituents is 1. The number of benzene rings is 1. The maximum Gasteiger partial charge on any atom is 0.271 e. The zero-order valence-corrected chi connectivity index (χ0v) is 12.8. The summed E-state index contributed by atoms with van der Waals surface area (Å²) in [6, 6.07) is 6.51. The molecule has 2 rings (SSSR count). The summed E-state index contributed by atoms with van der Waals surface area (Å²) in [5.74, 6) is 0. The van der Waals surface area contributed by atoms with Crippen molar-refractivity contribution in [1.29, 1.82) is 0 Å². The minimum absolute atomic E-state index is 0.0407. The lowest BCUT2D eigenvalue weighted by Gasteiger charge is -2.17. The van der Waals surface area contributed by atoms with E-state index in [1.807, 2.05) is 19.3 Å². The highest BCUT2D eigenvalue weighted by Crippen LogP contribution is 2.25. The van der Waals surface area contributed by atoms with E-state index in [1.54, 1.807) is 10.7 Å². The zero-order valence-electron chi connectivity index (χ0n) is 12.8. The number of nitrogens with zero attached hydrogens (tertiary/aromatic N) is 3. The molecule has 0 spiro atoms. The lowest BCUT2D eigenvalue weighted by Crippen LogP contribution is -2.16. The van der Waals surface area contributed by atoms with Crippen LogP contribution in [0, 0.1) is 10.1 Å². The van der Waals surface area contributed by atoms with Crippen molar-refractivity contribution in [3.8, 4) is 0 Å². The maximum atomic E-state index is 10.8. The first-order valence-corrected chi connectivity index (χ1v) is 6.78. The van der Waals surface area contributed by atoms with Crippen LogP contribution in [0.15, 0.2) is 30.5 Å². The minimum atomic E-state index is -0.393. The normalized spacial score (nSPS) is 11.4. The van der Waals surface area contributed by atoms with Crippen LogP contribution in [0.3, 0.4) is 0 Å². The fourth-order valence-corrected chi connectivity index (χ4v) is 2.23. The Morgan fingerprint density at radius 2 is 2.10 bits per heavy atom. The summed E-state index contributed by atoms with van der Waals surface area (Å²) in [6.07, 6.45) is 1.98. The van der Waals surface area contributed by atoms with Crippen molar-refractivity contribution in [2.24, 2.45) is 7.05 Å². The first-order valence-electron chi connectivity index (χ1n) is 6.78. The fourth-order valence-electron chi connectivity index (χ4n) is 2.23. The Morgan fingerprint density at radius 1 is 1.38 bits per heavy atom. The molecule has 112 valence electrons. The molecule has 0 aliphatic heterocycles. The van der Waals surface area contributed by atoms with E-state index in [-0.39, 0.29) is 11.1 Å². The molecule has 1 heterocycles. The van der Waals surface area contributed by atoms with E-state index in [0.29, 0.717) is 6.54 Å². The van der Waals surface area contributed by atoms with Gasteiger partial charge in [-0.25, -0.2) is 0 Å². The molecule has 6 heteroatoms. The van der Waals surface area contributed by atoms with Gasteiger partial charge in [-0.3, -0.25) is 14.8 Å². The van der Waals surface area contributed by atoms with Gasteiger partial charge in [-0.05, 0) is 6.07 Å². The van der Waals surface area contributed by atoms with Gasteiger partial charge in [-0.15, -0.1) is 0 Å². The molecule has 0 fully saturated rings. The van der Waals surface area contributed by atoms with Crippen molar-refractivity contribution in [2.45, 2.75) is 32.7 Å². The quantitative estimate of drug-likeness (QED) is 0.692. The van der Waals surface area contributed by atoms with Gasteiger partial charge in [0.2, 0.25) is 0 Å². The van der Waals surface area contributed by atoms with Crippen LogP contribution in [0.25, 0.3) is 0 Å². The van der Waals surface area contributed by atoms with Crippen LogP contribution in [0.5, 0.6) is 0 Å².